The van der Waals surface area contributed by atoms with Crippen molar-refractivity contribution in [2.24, 2.45) is 0 Å². The van der Waals surface area contributed by atoms with Crippen LogP contribution in [-0.2, 0) is 12.6 Å². The number of piperazine rings is 1. The number of phenols is 1. The molecule has 1 N–H and O–H groups in total. The molecule has 1 unspecified atom stereocenters. The second kappa shape index (κ2) is 14.4. The van der Waals surface area contributed by atoms with E-state index < -0.39 is 29.6 Å². The largest absolute Gasteiger partial charge is 0.506 e. The van der Waals surface area contributed by atoms with Crippen molar-refractivity contribution in [3.63, 3.8) is 0 Å². The maximum atomic E-state index is 13.6. The lowest BCUT2D eigenvalue weighted by atomic mass is 9.99. The topological polar surface area (TPSA) is 56.2 Å². The number of benzene rings is 2. The molecule has 2 aliphatic heterocycles. The number of likely N-dealkylation sites (tertiary alicyclic amines) is 1. The summed E-state index contributed by atoms with van der Waals surface area (Å²) in [6, 6.07) is 7.33. The van der Waals surface area contributed by atoms with Gasteiger partial charge >= 0.3 is 6.18 Å². The van der Waals surface area contributed by atoms with Crippen LogP contribution in [0, 0.1) is 0 Å². The molecule has 14 heteroatoms. The van der Waals surface area contributed by atoms with E-state index in [1.54, 1.807) is 17.0 Å². The van der Waals surface area contributed by atoms with Crippen LogP contribution in [0.3, 0.4) is 0 Å². The summed E-state index contributed by atoms with van der Waals surface area (Å²) in [6.45, 7) is 3.01. The van der Waals surface area contributed by atoms with Crippen LogP contribution < -0.4 is 4.74 Å². The fourth-order valence-corrected chi connectivity index (χ4v) is 5.20. The summed E-state index contributed by atoms with van der Waals surface area (Å²) in [5.41, 5.74) is -0.398. The molecule has 41 heavy (non-hydrogen) atoms. The van der Waals surface area contributed by atoms with E-state index in [2.05, 4.69) is 4.90 Å². The SMILES string of the molecule is COc1cc(C(=O)N2CCN(CCN3CCC(F)(F)CC3)CC2Cc2ccc(Cl)c(O)c2)cc(C(F)(F)F)c1.Cl.Cl. The van der Waals surface area contributed by atoms with Gasteiger partial charge in [-0.15, -0.1) is 24.8 Å². The molecule has 1 amide bonds. The van der Waals surface area contributed by atoms with E-state index in [0.717, 1.165) is 12.1 Å². The number of carbonyl (C=O) groups excluding carboxylic acids is 1. The first-order valence-corrected chi connectivity index (χ1v) is 13.1. The van der Waals surface area contributed by atoms with Crippen LogP contribution in [0.2, 0.25) is 5.02 Å². The number of amides is 1. The maximum absolute atomic E-state index is 13.6. The fraction of sp³-hybridized carbons (Fsp3) is 0.519. The first-order valence-electron chi connectivity index (χ1n) is 12.7. The molecule has 2 aromatic carbocycles. The van der Waals surface area contributed by atoms with Gasteiger partial charge in [0.15, 0.2) is 0 Å². The molecule has 230 valence electrons. The Kier molecular flexibility index (Phi) is 12.4. The van der Waals surface area contributed by atoms with Gasteiger partial charge in [0.2, 0.25) is 0 Å². The molecule has 2 saturated heterocycles. The van der Waals surface area contributed by atoms with Crippen LogP contribution in [0.4, 0.5) is 22.0 Å². The molecule has 1 atom stereocenters. The van der Waals surface area contributed by atoms with Gasteiger partial charge in [-0.05, 0) is 42.3 Å². The van der Waals surface area contributed by atoms with Gasteiger partial charge in [-0.1, -0.05) is 17.7 Å². The zero-order chi connectivity index (χ0) is 28.4. The first-order chi connectivity index (χ1) is 18.3. The minimum absolute atomic E-state index is 0. The smallest absolute Gasteiger partial charge is 0.416 e. The molecule has 0 aliphatic carbocycles. The van der Waals surface area contributed by atoms with Gasteiger partial charge in [0.25, 0.3) is 11.8 Å². The van der Waals surface area contributed by atoms with Crippen LogP contribution in [-0.4, -0.2) is 90.6 Å². The minimum atomic E-state index is -4.65. The first kappa shape index (κ1) is 35.1. The number of carbonyl (C=O) groups is 1. The Balaban J connectivity index is 0.00000294. The van der Waals surface area contributed by atoms with Crippen molar-refractivity contribution in [3.8, 4) is 11.5 Å². The Morgan fingerprint density at radius 3 is 2.29 bits per heavy atom. The number of methoxy groups -OCH3 is 1. The molecule has 0 bridgehead atoms. The van der Waals surface area contributed by atoms with Crippen LogP contribution in [0.15, 0.2) is 36.4 Å². The molecule has 0 radical (unpaired) electrons. The van der Waals surface area contributed by atoms with Gasteiger partial charge in [0.1, 0.15) is 11.5 Å². The molecular formula is C27H33Cl3F5N3O3. The number of piperidine rings is 1. The Labute approximate surface area is 253 Å². The number of nitrogens with zero attached hydrogens (tertiary/aromatic N) is 3. The average molecular weight is 649 g/mol. The standard InChI is InChI=1S/C27H31ClF5N3O3.2ClH/c1-39-22-15-19(14-20(16-22)27(31,32)33)25(38)36-11-10-35(9-8-34-6-4-26(29,30)5-7-34)17-21(36)12-18-2-3-23(28)24(37)13-18;;/h2-3,13-16,21,37H,4-12,17H2,1H3;2*1H. The summed E-state index contributed by atoms with van der Waals surface area (Å²) in [4.78, 5) is 19.3. The van der Waals surface area contributed by atoms with Gasteiger partial charge in [0, 0.05) is 70.3 Å². The van der Waals surface area contributed by atoms with E-state index in [1.807, 2.05) is 4.90 Å². The molecule has 0 saturated carbocycles. The summed E-state index contributed by atoms with van der Waals surface area (Å²) in [5.74, 6) is -3.35. The summed E-state index contributed by atoms with van der Waals surface area (Å²) < 4.78 is 72.5. The quantitative estimate of drug-likeness (QED) is 0.373. The van der Waals surface area contributed by atoms with Crippen molar-refractivity contribution in [3.05, 3.63) is 58.1 Å². The highest BCUT2D eigenvalue weighted by Crippen LogP contribution is 2.34. The highest BCUT2D eigenvalue weighted by atomic mass is 35.5. The zero-order valence-corrected chi connectivity index (χ0v) is 24.7. The van der Waals surface area contributed by atoms with Gasteiger partial charge in [0.05, 0.1) is 17.7 Å². The van der Waals surface area contributed by atoms with E-state index in [0.29, 0.717) is 51.3 Å². The van der Waals surface area contributed by atoms with Crippen molar-refractivity contribution in [2.75, 3.05) is 52.9 Å². The van der Waals surface area contributed by atoms with E-state index in [-0.39, 0.29) is 66.3 Å². The molecule has 6 nitrogen and oxygen atoms in total. The van der Waals surface area contributed by atoms with Crippen molar-refractivity contribution in [1.29, 1.82) is 0 Å². The maximum Gasteiger partial charge on any atom is 0.416 e. The lowest BCUT2D eigenvalue weighted by molar-refractivity contribution is -0.137. The third-order valence-electron chi connectivity index (χ3n) is 7.35. The highest BCUT2D eigenvalue weighted by Gasteiger charge is 2.36. The number of aromatic hydroxyl groups is 1. The minimum Gasteiger partial charge on any atom is -0.506 e. The molecule has 0 spiro atoms. The Morgan fingerprint density at radius 1 is 1.02 bits per heavy atom. The van der Waals surface area contributed by atoms with E-state index in [4.69, 9.17) is 16.3 Å². The van der Waals surface area contributed by atoms with Gasteiger partial charge in [-0.25, -0.2) is 8.78 Å². The van der Waals surface area contributed by atoms with Gasteiger partial charge in [-0.2, -0.15) is 13.2 Å². The second-order valence-electron chi connectivity index (χ2n) is 10.1. The molecule has 2 aliphatic rings. The van der Waals surface area contributed by atoms with E-state index in [9.17, 15) is 31.9 Å². The summed E-state index contributed by atoms with van der Waals surface area (Å²) in [6.07, 6.45) is -4.66. The summed E-state index contributed by atoms with van der Waals surface area (Å²) in [7, 11) is 1.24. The molecule has 2 aromatic rings. The third-order valence-corrected chi connectivity index (χ3v) is 7.67. The number of hydrogen-bond acceptors (Lipinski definition) is 5. The zero-order valence-electron chi connectivity index (χ0n) is 22.3. The Bertz CT molecular complexity index is 1180. The number of phenolic OH excluding ortho intramolecular Hbond substituents is 1. The van der Waals surface area contributed by atoms with Crippen LogP contribution in [0.1, 0.15) is 34.3 Å². The van der Waals surface area contributed by atoms with Crippen LogP contribution in [0.25, 0.3) is 0 Å². The molecule has 0 aromatic heterocycles. The lowest BCUT2D eigenvalue weighted by Crippen LogP contribution is -2.57. The fourth-order valence-electron chi connectivity index (χ4n) is 5.08. The summed E-state index contributed by atoms with van der Waals surface area (Å²) in [5, 5.41) is 10.2. The number of hydrogen-bond donors (Lipinski definition) is 1. The highest BCUT2D eigenvalue weighted by molar-refractivity contribution is 6.32. The normalized spacial score (nSPS) is 19.7. The molecule has 2 fully saturated rings. The van der Waals surface area contributed by atoms with Crippen molar-refractivity contribution in [2.45, 2.75) is 37.4 Å². The van der Waals surface area contributed by atoms with Crippen LogP contribution >= 0.6 is 36.4 Å². The molecule has 2 heterocycles. The van der Waals surface area contributed by atoms with Crippen molar-refractivity contribution >= 4 is 42.3 Å². The average Bonchev–Trinajstić information content (AvgIpc) is 2.89. The van der Waals surface area contributed by atoms with E-state index >= 15 is 0 Å². The van der Waals surface area contributed by atoms with Crippen molar-refractivity contribution < 1.29 is 36.6 Å². The Hall–Kier alpha value is -2.05. The van der Waals surface area contributed by atoms with Crippen LogP contribution in [0.5, 0.6) is 11.5 Å². The predicted octanol–water partition coefficient (Wildman–Crippen LogP) is 6.02. The van der Waals surface area contributed by atoms with Crippen molar-refractivity contribution in [1.82, 2.24) is 14.7 Å². The lowest BCUT2D eigenvalue weighted by Gasteiger charge is -2.42. The van der Waals surface area contributed by atoms with E-state index in [1.165, 1.54) is 19.2 Å². The third kappa shape index (κ3) is 9.22. The molecule has 4 rings (SSSR count). The monoisotopic (exact) mass is 647 g/mol. The predicted molar refractivity (Wildman–Crippen MR) is 151 cm³/mol. The second-order valence-corrected chi connectivity index (χ2v) is 10.5. The van der Waals surface area contributed by atoms with Gasteiger partial charge in [-0.3, -0.25) is 9.69 Å². The molecular weight excluding hydrogens is 616 g/mol. The number of alkyl halides is 5. The number of halogens is 8. The summed E-state index contributed by atoms with van der Waals surface area (Å²) >= 11 is 5.94. The van der Waals surface area contributed by atoms with Gasteiger partial charge < -0.3 is 19.6 Å². The number of rotatable bonds is 7. The Morgan fingerprint density at radius 2 is 1.68 bits per heavy atom. The number of ether oxygens (including phenoxy) is 1.